The van der Waals surface area contributed by atoms with Crippen molar-refractivity contribution >= 4 is 11.9 Å². The summed E-state index contributed by atoms with van der Waals surface area (Å²) in [4.78, 5) is 21.5. The number of carboxylic acid groups (broad SMARTS) is 2. The molecule has 0 aromatic heterocycles. The summed E-state index contributed by atoms with van der Waals surface area (Å²) in [6.07, 6.45) is 1.12. The number of carboxylic acids is 2. The van der Waals surface area contributed by atoms with E-state index >= 15 is 0 Å². The van der Waals surface area contributed by atoms with Gasteiger partial charge in [0.2, 0.25) is 0 Å². The van der Waals surface area contributed by atoms with E-state index in [0.29, 0.717) is 12.2 Å². The lowest BCUT2D eigenvalue weighted by Gasteiger charge is -2.13. The summed E-state index contributed by atoms with van der Waals surface area (Å²) in [6, 6.07) is 0. The second-order valence-corrected chi connectivity index (χ2v) is 2.63. The molecule has 0 heterocycles. The first-order valence-corrected chi connectivity index (χ1v) is 4.84. The zero-order chi connectivity index (χ0) is 12.3. The number of aliphatic carboxylic acids is 2. The maximum atomic E-state index is 9.55. The first kappa shape index (κ1) is 16.1. The third-order valence-electron chi connectivity index (χ3n) is 1.71. The van der Waals surface area contributed by atoms with Crippen molar-refractivity contribution in [3.63, 3.8) is 0 Å². The van der Waals surface area contributed by atoms with Crippen molar-refractivity contribution in [3.05, 3.63) is 12.2 Å². The summed E-state index contributed by atoms with van der Waals surface area (Å²) < 4.78 is 0. The molecule has 0 bridgehead atoms. The van der Waals surface area contributed by atoms with E-state index in [1.54, 1.807) is 0 Å². The third kappa shape index (κ3) is 15.4. The van der Waals surface area contributed by atoms with Crippen molar-refractivity contribution in [2.24, 2.45) is 0 Å². The Morgan fingerprint density at radius 1 is 0.933 bits per heavy atom. The molecular weight excluding hydrogens is 198 g/mol. The molecule has 15 heavy (non-hydrogen) atoms. The fraction of sp³-hybridized carbons (Fsp3) is 0.600. The quantitative estimate of drug-likeness (QED) is 0.673. The molecule has 0 saturated carbocycles. The maximum Gasteiger partial charge on any atom is 0.328 e. The van der Waals surface area contributed by atoms with Gasteiger partial charge in [0.25, 0.3) is 0 Å². The second-order valence-electron chi connectivity index (χ2n) is 2.63. The fourth-order valence-electron chi connectivity index (χ4n) is 0.813. The Morgan fingerprint density at radius 3 is 1.27 bits per heavy atom. The molecule has 88 valence electrons. The van der Waals surface area contributed by atoms with Crippen LogP contribution in [0.1, 0.15) is 20.8 Å². The summed E-state index contributed by atoms with van der Waals surface area (Å²) in [5.41, 5.74) is 0. The minimum Gasteiger partial charge on any atom is -0.478 e. The van der Waals surface area contributed by atoms with Crippen LogP contribution >= 0.6 is 0 Å². The van der Waals surface area contributed by atoms with Crippen LogP contribution in [0.25, 0.3) is 0 Å². The van der Waals surface area contributed by atoms with E-state index < -0.39 is 11.9 Å². The number of carbonyl (C=O) groups is 2. The van der Waals surface area contributed by atoms with Crippen LogP contribution in [0.15, 0.2) is 12.2 Å². The molecule has 0 amide bonds. The second kappa shape index (κ2) is 10.7. The van der Waals surface area contributed by atoms with Gasteiger partial charge in [-0.25, -0.2) is 9.59 Å². The highest BCUT2D eigenvalue weighted by atomic mass is 16.4. The molecule has 0 rings (SSSR count). The van der Waals surface area contributed by atoms with E-state index in [4.69, 9.17) is 10.2 Å². The van der Waals surface area contributed by atoms with Crippen molar-refractivity contribution in [3.8, 4) is 0 Å². The van der Waals surface area contributed by atoms with Gasteiger partial charge < -0.3 is 15.1 Å². The average molecular weight is 217 g/mol. The van der Waals surface area contributed by atoms with Gasteiger partial charge in [-0.3, -0.25) is 0 Å². The van der Waals surface area contributed by atoms with Crippen molar-refractivity contribution in [2.45, 2.75) is 20.8 Å². The smallest absolute Gasteiger partial charge is 0.328 e. The highest BCUT2D eigenvalue weighted by molar-refractivity contribution is 5.89. The number of hydrogen-bond donors (Lipinski definition) is 2. The van der Waals surface area contributed by atoms with Crippen LogP contribution in [0.5, 0.6) is 0 Å². The van der Waals surface area contributed by atoms with Gasteiger partial charge in [0.05, 0.1) is 0 Å². The number of nitrogens with zero attached hydrogens (tertiary/aromatic N) is 1. The van der Waals surface area contributed by atoms with Crippen LogP contribution in [0.3, 0.4) is 0 Å². The molecule has 0 spiro atoms. The minimum atomic E-state index is -1.26. The zero-order valence-electron chi connectivity index (χ0n) is 9.43. The van der Waals surface area contributed by atoms with E-state index in [1.807, 2.05) is 0 Å². The molecule has 5 heteroatoms. The van der Waals surface area contributed by atoms with Crippen molar-refractivity contribution in [1.82, 2.24) is 4.90 Å². The predicted molar refractivity (Wildman–Crippen MR) is 57.9 cm³/mol. The first-order valence-electron chi connectivity index (χ1n) is 4.84. The Kier molecular flexibility index (Phi) is 11.5. The van der Waals surface area contributed by atoms with Gasteiger partial charge in [-0.2, -0.15) is 0 Å². The highest BCUT2D eigenvalue weighted by Gasteiger charge is 1.89. The lowest BCUT2D eigenvalue weighted by atomic mass is 10.5. The van der Waals surface area contributed by atoms with Crippen LogP contribution in [0.4, 0.5) is 0 Å². The number of hydrogen-bond acceptors (Lipinski definition) is 3. The summed E-state index contributed by atoms with van der Waals surface area (Å²) in [7, 11) is 0. The first-order chi connectivity index (χ1) is 6.97. The average Bonchev–Trinajstić information content (AvgIpc) is 2.18. The lowest BCUT2D eigenvalue weighted by Crippen LogP contribution is -2.21. The monoisotopic (exact) mass is 217 g/mol. The lowest BCUT2D eigenvalue weighted by molar-refractivity contribution is -0.134. The molecule has 0 aromatic rings. The Labute approximate surface area is 90.0 Å². The molecule has 5 nitrogen and oxygen atoms in total. The van der Waals surface area contributed by atoms with Crippen molar-refractivity contribution in [2.75, 3.05) is 19.6 Å². The highest BCUT2D eigenvalue weighted by Crippen LogP contribution is 1.81. The molecule has 2 N–H and O–H groups in total. The topological polar surface area (TPSA) is 77.8 Å². The largest absolute Gasteiger partial charge is 0.478 e. The standard InChI is InChI=1S/C6H15N.C4H4O4/c1-4-7(5-2)6-3;5-3(6)1-2-4(7)8/h4-6H2,1-3H3;1-2H,(H,5,6)(H,7,8). The van der Waals surface area contributed by atoms with E-state index in [9.17, 15) is 9.59 Å². The van der Waals surface area contributed by atoms with E-state index in [1.165, 1.54) is 19.6 Å². The van der Waals surface area contributed by atoms with Gasteiger partial charge in [0.1, 0.15) is 0 Å². The molecule has 0 aliphatic rings. The molecular formula is C10H19NO4. The fourth-order valence-corrected chi connectivity index (χ4v) is 0.813. The van der Waals surface area contributed by atoms with Gasteiger partial charge in [0.15, 0.2) is 0 Å². The molecule has 0 aliphatic carbocycles. The Bertz CT molecular complexity index is 188. The Morgan fingerprint density at radius 2 is 1.20 bits per heavy atom. The molecule has 0 fully saturated rings. The number of rotatable bonds is 5. The van der Waals surface area contributed by atoms with Crippen LogP contribution in [-0.4, -0.2) is 46.7 Å². The third-order valence-corrected chi connectivity index (χ3v) is 1.71. The Balaban J connectivity index is 0. The maximum absolute atomic E-state index is 9.55. The molecule has 0 saturated heterocycles. The van der Waals surface area contributed by atoms with Gasteiger partial charge in [0, 0.05) is 12.2 Å². The Hall–Kier alpha value is -1.36. The van der Waals surface area contributed by atoms with Crippen LogP contribution in [0, 0.1) is 0 Å². The van der Waals surface area contributed by atoms with Gasteiger partial charge in [-0.1, -0.05) is 20.8 Å². The van der Waals surface area contributed by atoms with E-state index in [-0.39, 0.29) is 0 Å². The van der Waals surface area contributed by atoms with Crippen molar-refractivity contribution < 1.29 is 19.8 Å². The molecule has 0 aliphatic heterocycles. The predicted octanol–water partition coefficient (Wildman–Crippen LogP) is 1.06. The van der Waals surface area contributed by atoms with E-state index in [0.717, 1.165) is 0 Å². The summed E-state index contributed by atoms with van der Waals surface area (Å²) >= 11 is 0. The molecule has 0 unspecified atom stereocenters. The van der Waals surface area contributed by atoms with Gasteiger partial charge in [-0.05, 0) is 19.6 Å². The molecule has 0 aromatic carbocycles. The van der Waals surface area contributed by atoms with Crippen LogP contribution in [0.2, 0.25) is 0 Å². The summed E-state index contributed by atoms with van der Waals surface area (Å²) in [5, 5.41) is 15.6. The SMILES string of the molecule is CCN(CC)CC.O=C(O)C=CC(=O)O. The normalized spacial score (nSPS) is 9.87. The van der Waals surface area contributed by atoms with Crippen LogP contribution < -0.4 is 0 Å². The molecule has 0 radical (unpaired) electrons. The summed E-state index contributed by atoms with van der Waals surface area (Å²) in [6.45, 7) is 10.1. The van der Waals surface area contributed by atoms with Gasteiger partial charge in [-0.15, -0.1) is 0 Å². The molecule has 0 atom stereocenters. The van der Waals surface area contributed by atoms with E-state index in [2.05, 4.69) is 25.7 Å². The minimum absolute atomic E-state index is 0.558. The summed E-state index contributed by atoms with van der Waals surface area (Å²) in [5.74, 6) is -2.51. The zero-order valence-corrected chi connectivity index (χ0v) is 9.43. The van der Waals surface area contributed by atoms with Crippen molar-refractivity contribution in [1.29, 1.82) is 0 Å². The van der Waals surface area contributed by atoms with Gasteiger partial charge >= 0.3 is 11.9 Å². The van der Waals surface area contributed by atoms with Crippen LogP contribution in [-0.2, 0) is 9.59 Å².